The van der Waals surface area contributed by atoms with Crippen LogP contribution in [-0.4, -0.2) is 50.9 Å². The van der Waals surface area contributed by atoms with E-state index >= 15 is 0 Å². The summed E-state index contributed by atoms with van der Waals surface area (Å²) in [6.45, 7) is 7.17. The smallest absolute Gasteiger partial charge is 0.257 e. The lowest BCUT2D eigenvalue weighted by Gasteiger charge is -2.33. The molecule has 1 aliphatic rings. The van der Waals surface area contributed by atoms with Crippen molar-refractivity contribution in [2.24, 2.45) is 11.8 Å². The van der Waals surface area contributed by atoms with E-state index in [1.165, 1.54) is 0 Å². The van der Waals surface area contributed by atoms with Crippen molar-refractivity contribution in [3.8, 4) is 5.75 Å². The maximum absolute atomic E-state index is 13.0. The van der Waals surface area contributed by atoms with Gasteiger partial charge in [-0.05, 0) is 50.2 Å². The van der Waals surface area contributed by atoms with E-state index in [1.807, 2.05) is 32.9 Å². The molecule has 1 fully saturated rings. The van der Waals surface area contributed by atoms with Crippen LogP contribution in [0.2, 0.25) is 0 Å². The lowest BCUT2D eigenvalue weighted by atomic mass is 9.99. The number of carbonyl (C=O) groups excluding carboxylic acids is 1. The van der Waals surface area contributed by atoms with Crippen LogP contribution in [0.25, 0.3) is 0 Å². The molecule has 0 bridgehead atoms. The molecule has 0 aromatic heterocycles. The number of amides is 1. The van der Waals surface area contributed by atoms with Crippen LogP contribution < -0.4 is 4.74 Å². The zero-order valence-electron chi connectivity index (χ0n) is 16.3. The Balaban J connectivity index is 2.06. The van der Waals surface area contributed by atoms with Gasteiger partial charge in [-0.3, -0.25) is 4.79 Å². The van der Waals surface area contributed by atoms with Gasteiger partial charge in [0.05, 0.1) is 24.2 Å². The number of nitrogens with zero attached hydrogens (tertiary/aromatic N) is 1. The standard InChI is InChI=1S/C20H31NO4S/c1-15(2)9-11-26(23,24)14-17-6-5-10-21(13-17)20(22)18-12-16(3)7-8-19(18)25-4/h7-8,12,15,17H,5-6,9-11,13-14H2,1-4H3/t17-/m0/s1. The lowest BCUT2D eigenvalue weighted by Crippen LogP contribution is -2.42. The van der Waals surface area contributed by atoms with Gasteiger partial charge in [-0.1, -0.05) is 25.5 Å². The fraction of sp³-hybridized carbons (Fsp3) is 0.650. The molecule has 0 radical (unpaired) electrons. The number of likely N-dealkylation sites (tertiary alicyclic amines) is 1. The number of benzene rings is 1. The number of ether oxygens (including phenoxy) is 1. The Hall–Kier alpha value is -1.56. The molecule has 1 aromatic rings. The summed E-state index contributed by atoms with van der Waals surface area (Å²) in [6.07, 6.45) is 2.39. The van der Waals surface area contributed by atoms with E-state index in [0.717, 1.165) is 18.4 Å². The topological polar surface area (TPSA) is 63.7 Å². The molecule has 1 atom stereocenters. The fourth-order valence-corrected chi connectivity index (χ4v) is 5.39. The predicted molar refractivity (Wildman–Crippen MR) is 104 cm³/mol. The molecule has 26 heavy (non-hydrogen) atoms. The average Bonchev–Trinajstić information content (AvgIpc) is 2.59. The second-order valence-corrected chi connectivity index (χ2v) is 9.99. The minimum atomic E-state index is -3.07. The van der Waals surface area contributed by atoms with Crippen LogP contribution in [0.15, 0.2) is 18.2 Å². The number of sulfone groups is 1. The summed E-state index contributed by atoms with van der Waals surface area (Å²) >= 11 is 0. The number of aryl methyl sites for hydroxylation is 1. The van der Waals surface area contributed by atoms with E-state index in [1.54, 1.807) is 18.1 Å². The lowest BCUT2D eigenvalue weighted by molar-refractivity contribution is 0.0681. The average molecular weight is 382 g/mol. The highest BCUT2D eigenvalue weighted by Crippen LogP contribution is 2.25. The van der Waals surface area contributed by atoms with Gasteiger partial charge >= 0.3 is 0 Å². The van der Waals surface area contributed by atoms with Crippen molar-refractivity contribution in [2.45, 2.75) is 40.0 Å². The zero-order chi connectivity index (χ0) is 19.3. The Labute approximate surface area is 157 Å². The Morgan fingerprint density at radius 2 is 2.08 bits per heavy atom. The van der Waals surface area contributed by atoms with Crippen molar-refractivity contribution in [1.29, 1.82) is 0 Å². The highest BCUT2D eigenvalue weighted by atomic mass is 32.2. The number of piperidine rings is 1. The van der Waals surface area contributed by atoms with Gasteiger partial charge in [0.1, 0.15) is 5.75 Å². The minimum absolute atomic E-state index is 0.0145. The van der Waals surface area contributed by atoms with Gasteiger partial charge in [-0.25, -0.2) is 8.42 Å². The number of carbonyl (C=O) groups is 1. The van der Waals surface area contributed by atoms with E-state index in [4.69, 9.17) is 4.74 Å². The van der Waals surface area contributed by atoms with Crippen molar-refractivity contribution in [3.63, 3.8) is 0 Å². The van der Waals surface area contributed by atoms with E-state index < -0.39 is 9.84 Å². The first kappa shape index (κ1) is 20.7. The van der Waals surface area contributed by atoms with Crippen molar-refractivity contribution in [2.75, 3.05) is 31.7 Å². The van der Waals surface area contributed by atoms with Gasteiger partial charge in [0.2, 0.25) is 0 Å². The first-order valence-corrected chi connectivity index (χ1v) is 11.2. The molecular formula is C20H31NO4S. The second-order valence-electron chi connectivity index (χ2n) is 7.76. The summed E-state index contributed by atoms with van der Waals surface area (Å²) in [4.78, 5) is 14.7. The summed E-state index contributed by atoms with van der Waals surface area (Å²) in [5.41, 5.74) is 1.55. The predicted octanol–water partition coefficient (Wildman–Crippen LogP) is 3.32. The molecule has 0 N–H and O–H groups in total. The molecule has 1 aromatic carbocycles. The third-order valence-corrected chi connectivity index (χ3v) is 6.72. The van der Waals surface area contributed by atoms with Crippen molar-refractivity contribution in [3.05, 3.63) is 29.3 Å². The van der Waals surface area contributed by atoms with Gasteiger partial charge < -0.3 is 9.64 Å². The molecule has 0 aliphatic carbocycles. The highest BCUT2D eigenvalue weighted by molar-refractivity contribution is 7.91. The third kappa shape index (κ3) is 5.73. The summed E-state index contributed by atoms with van der Waals surface area (Å²) in [7, 11) is -1.51. The molecule has 1 aliphatic heterocycles. The molecule has 1 heterocycles. The van der Waals surface area contributed by atoms with E-state index in [-0.39, 0.29) is 23.3 Å². The van der Waals surface area contributed by atoms with Crippen LogP contribution >= 0.6 is 0 Å². The number of methoxy groups -OCH3 is 1. The van der Waals surface area contributed by atoms with E-state index in [0.29, 0.717) is 36.7 Å². The highest BCUT2D eigenvalue weighted by Gasteiger charge is 2.29. The molecule has 1 amide bonds. The Kier molecular flexibility index (Phi) is 7.09. The molecular weight excluding hydrogens is 350 g/mol. The van der Waals surface area contributed by atoms with Gasteiger partial charge in [0.25, 0.3) is 5.91 Å². The molecule has 0 unspecified atom stereocenters. The first-order valence-electron chi connectivity index (χ1n) is 9.36. The Morgan fingerprint density at radius 3 is 2.73 bits per heavy atom. The maximum atomic E-state index is 13.0. The van der Waals surface area contributed by atoms with E-state index in [2.05, 4.69) is 0 Å². The maximum Gasteiger partial charge on any atom is 0.257 e. The van der Waals surface area contributed by atoms with Gasteiger partial charge in [0.15, 0.2) is 9.84 Å². The molecule has 5 nitrogen and oxygen atoms in total. The summed E-state index contributed by atoms with van der Waals surface area (Å²) < 4.78 is 30.1. The van der Waals surface area contributed by atoms with Crippen LogP contribution in [0.1, 0.15) is 49.0 Å². The van der Waals surface area contributed by atoms with Gasteiger partial charge in [-0.15, -0.1) is 0 Å². The molecule has 1 saturated heterocycles. The quantitative estimate of drug-likeness (QED) is 0.727. The van der Waals surface area contributed by atoms with Gasteiger partial charge in [0, 0.05) is 13.1 Å². The number of hydrogen-bond donors (Lipinski definition) is 0. The van der Waals surface area contributed by atoms with E-state index in [9.17, 15) is 13.2 Å². The van der Waals surface area contributed by atoms with Crippen molar-refractivity contribution < 1.29 is 17.9 Å². The van der Waals surface area contributed by atoms with Crippen LogP contribution in [0.4, 0.5) is 0 Å². The second kappa shape index (κ2) is 8.89. The van der Waals surface area contributed by atoms with Crippen LogP contribution in [-0.2, 0) is 9.84 Å². The van der Waals surface area contributed by atoms with Crippen LogP contribution in [0.5, 0.6) is 5.75 Å². The Morgan fingerprint density at radius 1 is 1.35 bits per heavy atom. The minimum Gasteiger partial charge on any atom is -0.496 e. The largest absolute Gasteiger partial charge is 0.496 e. The summed E-state index contributed by atoms with van der Waals surface area (Å²) in [5, 5.41) is 0. The number of rotatable bonds is 7. The molecule has 0 saturated carbocycles. The van der Waals surface area contributed by atoms with Crippen molar-refractivity contribution in [1.82, 2.24) is 4.90 Å². The normalized spacial score (nSPS) is 18.2. The summed E-state index contributed by atoms with van der Waals surface area (Å²) in [6, 6.07) is 5.56. The van der Waals surface area contributed by atoms with Crippen molar-refractivity contribution >= 4 is 15.7 Å². The van der Waals surface area contributed by atoms with Crippen LogP contribution in [0.3, 0.4) is 0 Å². The molecule has 2 rings (SSSR count). The Bertz CT molecular complexity index is 727. The van der Waals surface area contributed by atoms with Gasteiger partial charge in [-0.2, -0.15) is 0 Å². The fourth-order valence-electron chi connectivity index (χ4n) is 3.40. The summed E-state index contributed by atoms with van der Waals surface area (Å²) in [5.74, 6) is 1.29. The number of hydrogen-bond acceptors (Lipinski definition) is 4. The third-order valence-electron chi connectivity index (χ3n) is 4.89. The molecule has 0 spiro atoms. The molecule has 146 valence electrons. The first-order chi connectivity index (χ1) is 12.2. The molecule has 6 heteroatoms. The zero-order valence-corrected chi connectivity index (χ0v) is 17.1. The SMILES string of the molecule is COc1ccc(C)cc1C(=O)N1CCC[C@H](CS(=O)(=O)CCC(C)C)C1. The van der Waals surface area contributed by atoms with Crippen LogP contribution in [0, 0.1) is 18.8 Å². The monoisotopic (exact) mass is 381 g/mol.